The third-order valence-corrected chi connectivity index (χ3v) is 3.60. The molecule has 0 aromatic carbocycles. The Hall–Kier alpha value is -0.120. The number of alkyl halides is 1. The monoisotopic (exact) mass is 357 g/mol. The van der Waals surface area contributed by atoms with Crippen molar-refractivity contribution in [1.82, 2.24) is 0 Å². The third-order valence-electron chi connectivity index (χ3n) is 2.73. The van der Waals surface area contributed by atoms with Gasteiger partial charge in [0, 0.05) is 30.7 Å². The minimum absolute atomic E-state index is 0.243. The van der Waals surface area contributed by atoms with Crippen LogP contribution in [0.4, 0.5) is 0 Å². The highest BCUT2D eigenvalue weighted by atomic mass is 127. The third kappa shape index (κ3) is 3.21. The lowest BCUT2D eigenvalue weighted by Crippen LogP contribution is -2.59. The molecule has 1 heterocycles. The number of nitrogens with zero attached hydrogens (tertiary/aromatic N) is 3. The molecule has 1 aliphatic rings. The van der Waals surface area contributed by atoms with Crippen molar-refractivity contribution in [3.8, 4) is 0 Å². The zero-order chi connectivity index (χ0) is 12.8. The first-order chi connectivity index (χ1) is 8.23. The van der Waals surface area contributed by atoms with E-state index in [1.54, 1.807) is 21.3 Å². The summed E-state index contributed by atoms with van der Waals surface area (Å²) < 4.78 is 22.3. The van der Waals surface area contributed by atoms with Gasteiger partial charge in [0.05, 0.1) is 18.2 Å². The maximum absolute atomic E-state index is 8.60. The zero-order valence-corrected chi connectivity index (χ0v) is 12.1. The first-order valence-corrected chi connectivity index (χ1v) is 6.60. The number of hydrogen-bond acceptors (Lipinski definition) is 5. The van der Waals surface area contributed by atoms with Gasteiger partial charge in [0.1, 0.15) is 6.10 Å². The number of ether oxygens (including phenoxy) is 4. The van der Waals surface area contributed by atoms with E-state index in [2.05, 4.69) is 32.6 Å². The summed E-state index contributed by atoms with van der Waals surface area (Å²) in [5.41, 5.74) is 8.60. The van der Waals surface area contributed by atoms with Crippen LogP contribution in [0.2, 0.25) is 0 Å². The van der Waals surface area contributed by atoms with E-state index in [0.717, 1.165) is 0 Å². The summed E-state index contributed by atoms with van der Waals surface area (Å²) in [6.07, 6.45) is -1.56. The van der Waals surface area contributed by atoms with Crippen molar-refractivity contribution in [2.75, 3.05) is 25.8 Å². The number of azide groups is 1. The summed E-state index contributed by atoms with van der Waals surface area (Å²) >= 11 is 2.17. The van der Waals surface area contributed by atoms with Crippen molar-refractivity contribution in [3.05, 3.63) is 10.4 Å². The van der Waals surface area contributed by atoms with Crippen molar-refractivity contribution in [2.24, 2.45) is 5.11 Å². The van der Waals surface area contributed by atoms with Crippen LogP contribution in [0.1, 0.15) is 0 Å². The van der Waals surface area contributed by atoms with Crippen LogP contribution >= 0.6 is 22.6 Å². The van der Waals surface area contributed by atoms with Crippen LogP contribution < -0.4 is 0 Å². The molecule has 0 spiro atoms. The van der Waals surface area contributed by atoms with E-state index >= 15 is 0 Å². The standard InChI is InChI=1S/C9H16IN3O4/c1-14-7-6(12-13-11)5(4-10)17-9(16-3)8(7)15-2/h5-9H,4H2,1-3H3/t5-,6+,7+,8-,9+/m1/s1. The van der Waals surface area contributed by atoms with Crippen LogP contribution in [0.5, 0.6) is 0 Å². The summed E-state index contributed by atoms with van der Waals surface area (Å²) in [4.78, 5) is 2.84. The Morgan fingerprint density at radius 1 is 1.24 bits per heavy atom. The smallest absolute Gasteiger partial charge is 0.186 e. The van der Waals surface area contributed by atoms with Crippen LogP contribution in [-0.4, -0.2) is 56.4 Å². The second kappa shape index (κ2) is 7.34. The van der Waals surface area contributed by atoms with Gasteiger partial charge in [-0.2, -0.15) is 0 Å². The van der Waals surface area contributed by atoms with E-state index in [1.165, 1.54) is 0 Å². The van der Waals surface area contributed by atoms with E-state index < -0.39 is 18.4 Å². The van der Waals surface area contributed by atoms with Gasteiger partial charge in [0.2, 0.25) is 0 Å². The molecule has 8 heteroatoms. The Balaban J connectivity index is 2.97. The molecule has 7 nitrogen and oxygen atoms in total. The van der Waals surface area contributed by atoms with Gasteiger partial charge in [-0.1, -0.05) is 27.7 Å². The molecule has 0 saturated carbocycles. The van der Waals surface area contributed by atoms with Crippen molar-refractivity contribution < 1.29 is 18.9 Å². The predicted octanol–water partition coefficient (Wildman–Crippen LogP) is 1.50. The van der Waals surface area contributed by atoms with Gasteiger partial charge in [0.25, 0.3) is 0 Å². The summed E-state index contributed by atoms with van der Waals surface area (Å²) in [5, 5.41) is 3.75. The molecule has 1 fully saturated rings. The fraction of sp³-hybridized carbons (Fsp3) is 1.00. The van der Waals surface area contributed by atoms with Crippen LogP contribution in [0.3, 0.4) is 0 Å². The molecule has 0 bridgehead atoms. The van der Waals surface area contributed by atoms with E-state index in [-0.39, 0.29) is 12.2 Å². The summed E-state index contributed by atoms with van der Waals surface area (Å²) in [5.74, 6) is 0. The normalized spacial score (nSPS) is 37.5. The van der Waals surface area contributed by atoms with E-state index in [9.17, 15) is 0 Å². The van der Waals surface area contributed by atoms with E-state index in [4.69, 9.17) is 24.5 Å². The molecule has 5 atom stereocenters. The summed E-state index contributed by atoms with van der Waals surface area (Å²) in [6, 6.07) is -0.418. The predicted molar refractivity (Wildman–Crippen MR) is 69.1 cm³/mol. The quantitative estimate of drug-likeness (QED) is 0.245. The Kier molecular flexibility index (Phi) is 6.45. The highest BCUT2D eigenvalue weighted by Crippen LogP contribution is 2.28. The summed E-state index contributed by atoms with van der Waals surface area (Å²) in [7, 11) is 4.64. The molecule has 17 heavy (non-hydrogen) atoms. The molecule has 0 unspecified atom stereocenters. The molecule has 0 aromatic heterocycles. The topological polar surface area (TPSA) is 85.7 Å². The number of methoxy groups -OCH3 is 3. The first kappa shape index (κ1) is 14.9. The Morgan fingerprint density at radius 2 is 1.88 bits per heavy atom. The first-order valence-electron chi connectivity index (χ1n) is 5.07. The van der Waals surface area contributed by atoms with Crippen LogP contribution in [-0.2, 0) is 18.9 Å². The van der Waals surface area contributed by atoms with Gasteiger partial charge in [-0.15, -0.1) is 0 Å². The van der Waals surface area contributed by atoms with E-state index in [1.807, 2.05) is 0 Å². The Bertz CT molecular complexity index is 287. The van der Waals surface area contributed by atoms with Gasteiger partial charge in [0.15, 0.2) is 6.29 Å². The molecular formula is C9H16IN3O4. The molecule has 1 aliphatic heterocycles. The zero-order valence-electron chi connectivity index (χ0n) is 9.95. The minimum atomic E-state index is -0.519. The maximum Gasteiger partial charge on any atom is 0.186 e. The SMILES string of the molecule is CO[C@H]1O[C@H](CI)[C@H](N=[N+]=[N-])[C@H](OC)[C@H]1OC. The lowest BCUT2D eigenvalue weighted by molar-refractivity contribution is -0.268. The number of halogens is 1. The van der Waals surface area contributed by atoms with Crippen molar-refractivity contribution in [1.29, 1.82) is 0 Å². The number of hydrogen-bond donors (Lipinski definition) is 0. The summed E-state index contributed by atoms with van der Waals surface area (Å²) in [6.45, 7) is 0. The molecule has 1 rings (SSSR count). The van der Waals surface area contributed by atoms with Crippen molar-refractivity contribution in [2.45, 2.75) is 30.6 Å². The average Bonchev–Trinajstić information content (AvgIpc) is 2.37. The Labute approximate surface area is 114 Å². The minimum Gasteiger partial charge on any atom is -0.378 e. The second-order valence-electron chi connectivity index (χ2n) is 3.53. The molecule has 0 N–H and O–H groups in total. The molecule has 1 saturated heterocycles. The molecule has 0 aromatic rings. The fourth-order valence-electron chi connectivity index (χ4n) is 1.93. The lowest BCUT2D eigenvalue weighted by atomic mass is 9.97. The molecule has 0 aliphatic carbocycles. The van der Waals surface area contributed by atoms with Gasteiger partial charge < -0.3 is 18.9 Å². The molecular weight excluding hydrogens is 341 g/mol. The number of rotatable bonds is 5. The molecule has 0 radical (unpaired) electrons. The lowest BCUT2D eigenvalue weighted by Gasteiger charge is -2.42. The van der Waals surface area contributed by atoms with Gasteiger partial charge in [-0.25, -0.2) is 0 Å². The average molecular weight is 357 g/mol. The van der Waals surface area contributed by atoms with Gasteiger partial charge >= 0.3 is 0 Å². The fourth-order valence-corrected chi connectivity index (χ4v) is 2.66. The van der Waals surface area contributed by atoms with E-state index in [0.29, 0.717) is 4.43 Å². The van der Waals surface area contributed by atoms with Gasteiger partial charge in [-0.05, 0) is 5.53 Å². The molecule has 98 valence electrons. The highest BCUT2D eigenvalue weighted by molar-refractivity contribution is 14.1. The Morgan fingerprint density at radius 3 is 2.29 bits per heavy atom. The highest BCUT2D eigenvalue weighted by Gasteiger charge is 2.46. The molecule has 0 amide bonds. The van der Waals surface area contributed by atoms with Crippen LogP contribution in [0, 0.1) is 0 Å². The van der Waals surface area contributed by atoms with Crippen LogP contribution in [0.25, 0.3) is 10.4 Å². The van der Waals surface area contributed by atoms with Crippen molar-refractivity contribution >= 4 is 22.6 Å². The van der Waals surface area contributed by atoms with Crippen LogP contribution in [0.15, 0.2) is 5.11 Å². The maximum atomic E-state index is 8.60. The van der Waals surface area contributed by atoms with Crippen molar-refractivity contribution in [3.63, 3.8) is 0 Å². The second-order valence-corrected chi connectivity index (χ2v) is 4.41. The van der Waals surface area contributed by atoms with Gasteiger partial charge in [-0.3, -0.25) is 0 Å². The largest absolute Gasteiger partial charge is 0.378 e.